The van der Waals surface area contributed by atoms with Crippen LogP contribution in [-0.2, 0) is 4.79 Å². The van der Waals surface area contributed by atoms with Crippen LogP contribution in [0, 0.1) is 0 Å². The van der Waals surface area contributed by atoms with Crippen molar-refractivity contribution in [1.82, 2.24) is 14.9 Å². The molecule has 0 bridgehead atoms. The normalized spacial score (nSPS) is 10.6. The van der Waals surface area contributed by atoms with E-state index >= 15 is 0 Å². The van der Waals surface area contributed by atoms with E-state index < -0.39 is 0 Å². The number of hydrogen-bond acceptors (Lipinski definition) is 6. The predicted molar refractivity (Wildman–Crippen MR) is 88.0 cm³/mol. The quantitative estimate of drug-likeness (QED) is 0.822. The molecule has 0 radical (unpaired) electrons. The molecular formula is C14H21N5OS. The third-order valence-electron chi connectivity index (χ3n) is 3.18. The molecule has 0 saturated carbocycles. The number of anilines is 2. The maximum Gasteiger partial charge on any atom is 0.241 e. The van der Waals surface area contributed by atoms with E-state index in [1.807, 2.05) is 32.2 Å². The smallest absolute Gasteiger partial charge is 0.241 e. The van der Waals surface area contributed by atoms with Gasteiger partial charge in [0.25, 0.3) is 0 Å². The van der Waals surface area contributed by atoms with Gasteiger partial charge in [0.15, 0.2) is 0 Å². The molecule has 7 heteroatoms. The van der Waals surface area contributed by atoms with Gasteiger partial charge in [-0.1, -0.05) is 0 Å². The van der Waals surface area contributed by atoms with Gasteiger partial charge in [0.1, 0.15) is 10.6 Å². The number of thiophene rings is 1. The van der Waals surface area contributed by atoms with E-state index in [-0.39, 0.29) is 12.5 Å². The molecule has 0 unspecified atom stereocenters. The Kier molecular flexibility index (Phi) is 5.32. The zero-order chi connectivity index (χ0) is 15.2. The van der Waals surface area contributed by atoms with Gasteiger partial charge >= 0.3 is 0 Å². The first-order valence-corrected chi connectivity index (χ1v) is 8.08. The Bertz CT molecular complexity index is 608. The second-order valence-electron chi connectivity index (χ2n) is 4.49. The van der Waals surface area contributed by atoms with Gasteiger partial charge in [0.2, 0.25) is 11.9 Å². The first kappa shape index (κ1) is 15.5. The summed E-state index contributed by atoms with van der Waals surface area (Å²) in [7, 11) is 0. The number of nitrogens with zero attached hydrogens (tertiary/aromatic N) is 3. The summed E-state index contributed by atoms with van der Waals surface area (Å²) in [5, 5.41) is 9.19. The maximum atomic E-state index is 12.1. The van der Waals surface area contributed by atoms with E-state index in [4.69, 9.17) is 0 Å². The van der Waals surface area contributed by atoms with Gasteiger partial charge in [-0.15, -0.1) is 11.3 Å². The van der Waals surface area contributed by atoms with Crippen molar-refractivity contribution in [3.63, 3.8) is 0 Å². The van der Waals surface area contributed by atoms with Gasteiger partial charge in [-0.2, -0.15) is 4.98 Å². The molecule has 2 heterocycles. The molecule has 0 aliphatic rings. The topological polar surface area (TPSA) is 70.2 Å². The van der Waals surface area contributed by atoms with E-state index in [1.165, 1.54) is 0 Å². The zero-order valence-electron chi connectivity index (χ0n) is 12.6. The molecule has 114 valence electrons. The first-order chi connectivity index (χ1) is 10.2. The van der Waals surface area contributed by atoms with Crippen LogP contribution in [0.5, 0.6) is 0 Å². The maximum absolute atomic E-state index is 12.1. The molecular weight excluding hydrogens is 286 g/mol. The van der Waals surface area contributed by atoms with Crippen LogP contribution in [0.3, 0.4) is 0 Å². The van der Waals surface area contributed by atoms with Gasteiger partial charge in [-0.3, -0.25) is 4.79 Å². The molecule has 21 heavy (non-hydrogen) atoms. The summed E-state index contributed by atoms with van der Waals surface area (Å²) >= 11 is 1.56. The summed E-state index contributed by atoms with van der Waals surface area (Å²) in [6, 6.07) is 1.97. The molecule has 1 amide bonds. The van der Waals surface area contributed by atoms with Gasteiger partial charge in [-0.25, -0.2) is 4.98 Å². The van der Waals surface area contributed by atoms with Crippen LogP contribution in [0.4, 0.5) is 11.8 Å². The van der Waals surface area contributed by atoms with Crippen LogP contribution in [0.1, 0.15) is 20.8 Å². The average Bonchev–Trinajstić information content (AvgIpc) is 2.95. The number of carbonyl (C=O) groups is 1. The highest BCUT2D eigenvalue weighted by atomic mass is 32.1. The molecule has 6 nitrogen and oxygen atoms in total. The van der Waals surface area contributed by atoms with Crippen molar-refractivity contribution in [1.29, 1.82) is 0 Å². The molecule has 0 fully saturated rings. The number of rotatable bonds is 7. The molecule has 0 atom stereocenters. The Morgan fingerprint density at radius 2 is 2.00 bits per heavy atom. The Hall–Kier alpha value is -1.89. The lowest BCUT2D eigenvalue weighted by Crippen LogP contribution is -2.35. The van der Waals surface area contributed by atoms with Gasteiger partial charge in [0, 0.05) is 19.6 Å². The number of likely N-dealkylation sites (N-methyl/N-ethyl adjacent to an activating group) is 1. The number of nitrogens with one attached hydrogen (secondary N) is 2. The van der Waals surface area contributed by atoms with E-state index in [0.717, 1.165) is 29.9 Å². The molecule has 0 saturated heterocycles. The van der Waals surface area contributed by atoms with Crippen LogP contribution in [0.15, 0.2) is 11.4 Å². The highest BCUT2D eigenvalue weighted by Gasteiger charge is 2.12. The van der Waals surface area contributed by atoms with E-state index in [0.29, 0.717) is 11.8 Å². The number of carbonyl (C=O) groups excluding carboxylic acids is 1. The molecule has 2 rings (SSSR count). The molecule has 0 spiro atoms. The van der Waals surface area contributed by atoms with Crippen molar-refractivity contribution in [2.45, 2.75) is 20.8 Å². The van der Waals surface area contributed by atoms with E-state index in [2.05, 4.69) is 20.6 Å². The van der Waals surface area contributed by atoms with Crippen LogP contribution < -0.4 is 10.6 Å². The Morgan fingerprint density at radius 3 is 2.67 bits per heavy atom. The molecule has 0 aliphatic heterocycles. The lowest BCUT2D eigenvalue weighted by atomic mass is 10.3. The Balaban J connectivity index is 2.17. The highest BCUT2D eigenvalue weighted by Crippen LogP contribution is 2.26. The minimum absolute atomic E-state index is 0.0759. The first-order valence-electron chi connectivity index (χ1n) is 7.20. The SMILES string of the molecule is CCNc1nc(NCC(=O)N(CC)CC)c2ccsc2n1. The monoisotopic (exact) mass is 307 g/mol. The minimum Gasteiger partial charge on any atom is -0.360 e. The summed E-state index contributed by atoms with van der Waals surface area (Å²) in [5.74, 6) is 1.37. The molecule has 2 N–H and O–H groups in total. The van der Waals surface area contributed by atoms with Crippen molar-refractivity contribution >= 4 is 39.2 Å². The van der Waals surface area contributed by atoms with Crippen LogP contribution in [0.25, 0.3) is 10.2 Å². The number of aromatic nitrogens is 2. The summed E-state index contributed by atoms with van der Waals surface area (Å²) in [6.45, 7) is 8.40. The largest absolute Gasteiger partial charge is 0.360 e. The van der Waals surface area contributed by atoms with Crippen LogP contribution >= 0.6 is 11.3 Å². The summed E-state index contributed by atoms with van der Waals surface area (Å²) in [5.41, 5.74) is 0. The Labute approximate surface area is 128 Å². The predicted octanol–water partition coefficient (Wildman–Crippen LogP) is 2.40. The summed E-state index contributed by atoms with van der Waals surface area (Å²) < 4.78 is 0. The summed E-state index contributed by atoms with van der Waals surface area (Å²) in [6.07, 6.45) is 0. The van der Waals surface area contributed by atoms with Gasteiger partial charge < -0.3 is 15.5 Å². The number of fused-ring (bicyclic) bond motifs is 1. The van der Waals surface area contributed by atoms with Crippen LogP contribution in [0.2, 0.25) is 0 Å². The average molecular weight is 307 g/mol. The van der Waals surface area contributed by atoms with Crippen molar-refractivity contribution in [3.8, 4) is 0 Å². The van der Waals surface area contributed by atoms with Crippen molar-refractivity contribution in [3.05, 3.63) is 11.4 Å². The van der Waals surface area contributed by atoms with E-state index in [9.17, 15) is 4.79 Å². The van der Waals surface area contributed by atoms with Crippen molar-refractivity contribution in [2.75, 3.05) is 36.8 Å². The highest BCUT2D eigenvalue weighted by molar-refractivity contribution is 7.16. The molecule has 2 aromatic rings. The fraction of sp³-hybridized carbons (Fsp3) is 0.500. The van der Waals surface area contributed by atoms with Crippen LogP contribution in [-0.4, -0.2) is 47.0 Å². The zero-order valence-corrected chi connectivity index (χ0v) is 13.5. The lowest BCUT2D eigenvalue weighted by molar-refractivity contribution is -0.128. The molecule has 0 aromatic carbocycles. The van der Waals surface area contributed by atoms with Crippen molar-refractivity contribution in [2.24, 2.45) is 0 Å². The fourth-order valence-corrected chi connectivity index (χ4v) is 2.84. The second kappa shape index (κ2) is 7.21. The minimum atomic E-state index is 0.0759. The van der Waals surface area contributed by atoms with Gasteiger partial charge in [0.05, 0.1) is 11.9 Å². The van der Waals surface area contributed by atoms with E-state index in [1.54, 1.807) is 16.2 Å². The third-order valence-corrected chi connectivity index (χ3v) is 3.99. The third kappa shape index (κ3) is 3.60. The number of amides is 1. The Morgan fingerprint density at radius 1 is 1.24 bits per heavy atom. The molecule has 0 aliphatic carbocycles. The standard InChI is InChI=1S/C14H21N5OS/c1-4-15-14-17-12(10-7-8-21-13(10)18-14)16-9-11(20)19(5-2)6-3/h7-8H,4-6,9H2,1-3H3,(H2,15,16,17,18). The molecule has 2 aromatic heterocycles. The fourth-order valence-electron chi connectivity index (χ4n) is 2.07. The second-order valence-corrected chi connectivity index (χ2v) is 5.38. The van der Waals surface area contributed by atoms with Crippen molar-refractivity contribution < 1.29 is 4.79 Å². The number of hydrogen-bond donors (Lipinski definition) is 2. The summed E-state index contributed by atoms with van der Waals surface area (Å²) in [4.78, 5) is 23.7. The lowest BCUT2D eigenvalue weighted by Gasteiger charge is -2.19. The van der Waals surface area contributed by atoms with Gasteiger partial charge in [-0.05, 0) is 32.2 Å².